The largest absolute Gasteiger partial charge is 0.508 e. The molecule has 1 unspecified atom stereocenters. The van der Waals surface area contributed by atoms with Crippen LogP contribution in [0.4, 0.5) is 0 Å². The number of benzene rings is 2. The van der Waals surface area contributed by atoms with Gasteiger partial charge in [-0.1, -0.05) is 35.5 Å². The van der Waals surface area contributed by atoms with Crippen molar-refractivity contribution in [1.82, 2.24) is 5.32 Å². The van der Waals surface area contributed by atoms with Crippen LogP contribution in [0.15, 0.2) is 58.7 Å². The van der Waals surface area contributed by atoms with Crippen LogP contribution in [0.3, 0.4) is 0 Å². The van der Waals surface area contributed by atoms with Crippen molar-refractivity contribution in [1.29, 1.82) is 0 Å². The van der Waals surface area contributed by atoms with Gasteiger partial charge in [0.05, 0.1) is 11.5 Å². The third-order valence-corrected chi connectivity index (χ3v) is 4.64. The van der Waals surface area contributed by atoms with E-state index in [1.54, 1.807) is 36.5 Å². The van der Waals surface area contributed by atoms with E-state index >= 15 is 0 Å². The fourth-order valence-electron chi connectivity index (χ4n) is 2.17. The molecule has 0 saturated carbocycles. The molecule has 0 aliphatic carbocycles. The smallest absolute Gasteiger partial charge is 0.239 e. The summed E-state index contributed by atoms with van der Waals surface area (Å²) in [6.45, 7) is 0. The van der Waals surface area contributed by atoms with Gasteiger partial charge in [0.15, 0.2) is 5.17 Å². The molecule has 1 heterocycles. The van der Waals surface area contributed by atoms with E-state index in [1.165, 1.54) is 11.8 Å². The van der Waals surface area contributed by atoms with E-state index < -0.39 is 0 Å². The van der Waals surface area contributed by atoms with Crippen molar-refractivity contribution >= 4 is 40.7 Å². The van der Waals surface area contributed by atoms with Crippen LogP contribution in [0.1, 0.15) is 11.1 Å². The van der Waals surface area contributed by atoms with Crippen LogP contribution in [0.25, 0.3) is 0 Å². The first kappa shape index (κ1) is 16.5. The van der Waals surface area contributed by atoms with Gasteiger partial charge in [-0.2, -0.15) is 5.10 Å². The fourth-order valence-corrected chi connectivity index (χ4v) is 3.35. The molecular formula is C17H14ClN3O2S. The predicted octanol–water partition coefficient (Wildman–Crippen LogP) is 3.21. The Bertz CT molecular complexity index is 806. The van der Waals surface area contributed by atoms with Gasteiger partial charge in [-0.15, -0.1) is 5.10 Å². The molecule has 7 heteroatoms. The number of amides is 1. The lowest BCUT2D eigenvalue weighted by Crippen LogP contribution is -2.25. The normalized spacial score (nSPS) is 19.1. The molecule has 122 valence electrons. The van der Waals surface area contributed by atoms with Gasteiger partial charge in [0.25, 0.3) is 0 Å². The number of hydrogen-bond acceptors (Lipinski definition) is 5. The molecule has 1 fully saturated rings. The van der Waals surface area contributed by atoms with Crippen molar-refractivity contribution in [3.63, 3.8) is 0 Å². The molecule has 2 aromatic rings. The number of nitrogens with zero attached hydrogens (tertiary/aromatic N) is 2. The number of rotatable bonds is 4. The van der Waals surface area contributed by atoms with Crippen LogP contribution in [0.2, 0.25) is 5.02 Å². The number of thioether (sulfide) groups is 1. The summed E-state index contributed by atoms with van der Waals surface area (Å²) in [6.07, 6.45) is 2.14. The Labute approximate surface area is 148 Å². The maximum absolute atomic E-state index is 12.0. The van der Waals surface area contributed by atoms with Crippen molar-refractivity contribution < 1.29 is 9.90 Å². The molecule has 2 N–H and O–H groups in total. The van der Waals surface area contributed by atoms with Gasteiger partial charge in [-0.3, -0.25) is 4.79 Å². The van der Waals surface area contributed by atoms with Crippen molar-refractivity contribution in [3.05, 3.63) is 64.7 Å². The Kier molecular flexibility index (Phi) is 5.17. The monoisotopic (exact) mass is 359 g/mol. The number of phenols is 1. The van der Waals surface area contributed by atoms with Gasteiger partial charge in [0, 0.05) is 5.02 Å². The second-order valence-corrected chi connectivity index (χ2v) is 6.80. The highest BCUT2D eigenvalue weighted by Crippen LogP contribution is 2.24. The molecule has 1 aliphatic rings. The predicted molar refractivity (Wildman–Crippen MR) is 97.8 cm³/mol. The zero-order valence-corrected chi connectivity index (χ0v) is 14.1. The van der Waals surface area contributed by atoms with Gasteiger partial charge in [0.2, 0.25) is 5.91 Å². The number of phenolic OH excluding ortho intramolecular Hbond substituents is 1. The number of carbonyl (C=O) groups excluding carboxylic acids is 1. The zero-order valence-electron chi connectivity index (χ0n) is 12.5. The lowest BCUT2D eigenvalue weighted by molar-refractivity contribution is -0.118. The van der Waals surface area contributed by atoms with Crippen LogP contribution in [0, 0.1) is 0 Å². The summed E-state index contributed by atoms with van der Waals surface area (Å²) in [7, 11) is 0. The molecule has 1 atom stereocenters. The molecule has 0 spiro atoms. The van der Waals surface area contributed by atoms with Crippen molar-refractivity contribution in [2.24, 2.45) is 10.2 Å². The maximum Gasteiger partial charge on any atom is 0.239 e. The lowest BCUT2D eigenvalue weighted by atomic mass is 10.1. The minimum Gasteiger partial charge on any atom is -0.508 e. The third kappa shape index (κ3) is 4.37. The molecule has 0 bridgehead atoms. The maximum atomic E-state index is 12.0. The Balaban J connectivity index is 1.62. The summed E-state index contributed by atoms with van der Waals surface area (Å²) in [5, 5.41) is 20.8. The Morgan fingerprint density at radius 1 is 1.25 bits per heavy atom. The number of carbonyl (C=O) groups is 1. The summed E-state index contributed by atoms with van der Waals surface area (Å²) < 4.78 is 0. The van der Waals surface area contributed by atoms with Gasteiger partial charge in [-0.05, 0) is 53.9 Å². The number of amidine groups is 1. The average Bonchev–Trinajstić information content (AvgIpc) is 2.89. The highest BCUT2D eigenvalue weighted by molar-refractivity contribution is 8.15. The molecule has 0 aromatic heterocycles. The number of aromatic hydroxyl groups is 1. The molecule has 3 rings (SSSR count). The van der Waals surface area contributed by atoms with Crippen molar-refractivity contribution in [2.75, 3.05) is 0 Å². The Morgan fingerprint density at radius 3 is 2.79 bits per heavy atom. The van der Waals surface area contributed by atoms with E-state index in [1.807, 2.05) is 18.2 Å². The molecular weight excluding hydrogens is 346 g/mol. The molecule has 24 heavy (non-hydrogen) atoms. The Hall–Kier alpha value is -2.31. The number of hydrogen-bond donors (Lipinski definition) is 2. The van der Waals surface area contributed by atoms with Crippen LogP contribution in [-0.2, 0) is 11.2 Å². The summed E-state index contributed by atoms with van der Waals surface area (Å²) in [5.74, 6) is 0.111. The molecule has 1 saturated heterocycles. The molecule has 5 nitrogen and oxygen atoms in total. The van der Waals surface area contributed by atoms with Crippen LogP contribution in [0.5, 0.6) is 5.75 Å². The lowest BCUT2D eigenvalue weighted by Gasteiger charge is -2.05. The number of nitrogens with one attached hydrogen (secondary N) is 1. The fraction of sp³-hybridized carbons (Fsp3) is 0.118. The summed E-state index contributed by atoms with van der Waals surface area (Å²) in [6, 6.07) is 14.1. The quantitative estimate of drug-likeness (QED) is 0.650. The average molecular weight is 360 g/mol. The zero-order chi connectivity index (χ0) is 16.9. The van der Waals surface area contributed by atoms with Crippen molar-refractivity contribution in [3.8, 4) is 5.75 Å². The van der Waals surface area contributed by atoms with E-state index in [9.17, 15) is 9.90 Å². The van der Waals surface area contributed by atoms with E-state index in [0.29, 0.717) is 16.6 Å². The first-order valence-corrected chi connectivity index (χ1v) is 8.48. The SMILES string of the molecule is O=C1N/C(=N\N=C\c2ccc(O)cc2)SC1Cc1cccc(Cl)c1. The molecule has 2 aromatic carbocycles. The summed E-state index contributed by atoms with van der Waals surface area (Å²) in [4.78, 5) is 12.0. The van der Waals surface area contributed by atoms with Gasteiger partial charge >= 0.3 is 0 Å². The molecule has 0 radical (unpaired) electrons. The first-order valence-electron chi connectivity index (χ1n) is 7.22. The van der Waals surface area contributed by atoms with Crippen LogP contribution in [-0.4, -0.2) is 27.6 Å². The van der Waals surface area contributed by atoms with E-state index in [0.717, 1.165) is 11.1 Å². The van der Waals surface area contributed by atoms with Crippen LogP contribution < -0.4 is 5.32 Å². The first-order chi connectivity index (χ1) is 11.6. The van der Waals surface area contributed by atoms with Gasteiger partial charge in [0.1, 0.15) is 5.75 Å². The Morgan fingerprint density at radius 2 is 2.04 bits per heavy atom. The van der Waals surface area contributed by atoms with E-state index in [-0.39, 0.29) is 16.9 Å². The minimum absolute atomic E-state index is 0.0847. The highest BCUT2D eigenvalue weighted by Gasteiger charge is 2.30. The molecule has 1 amide bonds. The second kappa shape index (κ2) is 7.51. The second-order valence-electron chi connectivity index (χ2n) is 5.17. The highest BCUT2D eigenvalue weighted by atomic mass is 35.5. The van der Waals surface area contributed by atoms with Gasteiger partial charge < -0.3 is 10.4 Å². The standard InChI is InChI=1S/C17H14ClN3O2S/c18-13-3-1-2-12(8-13)9-15-16(23)20-17(24-15)21-19-10-11-4-6-14(22)7-5-11/h1-8,10,15,22H,9H2,(H,20,21,23)/b19-10+. The molecule has 1 aliphatic heterocycles. The third-order valence-electron chi connectivity index (χ3n) is 3.34. The topological polar surface area (TPSA) is 74.0 Å². The number of halogens is 1. The van der Waals surface area contributed by atoms with Crippen LogP contribution >= 0.6 is 23.4 Å². The van der Waals surface area contributed by atoms with E-state index in [2.05, 4.69) is 15.5 Å². The minimum atomic E-state index is -0.244. The van der Waals surface area contributed by atoms with E-state index in [4.69, 9.17) is 11.6 Å². The van der Waals surface area contributed by atoms with Crippen molar-refractivity contribution in [2.45, 2.75) is 11.7 Å². The van der Waals surface area contributed by atoms with Gasteiger partial charge in [-0.25, -0.2) is 0 Å². The summed E-state index contributed by atoms with van der Waals surface area (Å²) >= 11 is 7.32. The summed E-state index contributed by atoms with van der Waals surface area (Å²) in [5.41, 5.74) is 1.81.